The summed E-state index contributed by atoms with van der Waals surface area (Å²) in [6, 6.07) is 2.90. The van der Waals surface area contributed by atoms with Crippen LogP contribution in [-0.4, -0.2) is 137 Å². The van der Waals surface area contributed by atoms with E-state index in [9.17, 15) is 0 Å². The Morgan fingerprint density at radius 3 is 1.59 bits per heavy atom. The summed E-state index contributed by atoms with van der Waals surface area (Å²) in [6.45, 7) is 22.8. The van der Waals surface area contributed by atoms with Gasteiger partial charge in [-0.05, 0) is 64.3 Å². The van der Waals surface area contributed by atoms with Gasteiger partial charge in [-0.15, -0.1) is 0 Å². The standard InChI is InChI=1S/C8H21NOSi2.C6H17NSi2.C5H10O.4CH3O.2Al.2Li.4H/c1-10-12(5)8-6-7-9(12)11(2,3)4;1-9(2,3)7-5-4-6-8-7;1-5-3-2-4-6-5;4*1-2;;;;;;;;/h6-8H2,1-5H3;4-6,8H2,1-3H3;5H,2-4H2,1H3;4*1H3;;;;;;;;/q;;;4*-1;;+3;2*+1;;;;-1. The molecule has 3 fully saturated rings. The smallest absolute Gasteiger partial charge is 1.00 e. The van der Waals surface area contributed by atoms with Gasteiger partial charge in [0.15, 0.2) is 17.4 Å². The topological polar surface area (TPSA) is 75.7 Å². The summed E-state index contributed by atoms with van der Waals surface area (Å²) < 4.78 is 30.7. The van der Waals surface area contributed by atoms with Gasteiger partial charge in [0.05, 0.1) is 15.8 Å². The van der Waals surface area contributed by atoms with Crippen molar-refractivity contribution in [3.8, 4) is 0 Å². The van der Waals surface area contributed by atoms with Crippen LogP contribution in [-0.2, 0) is 20.5 Å². The van der Waals surface area contributed by atoms with Crippen molar-refractivity contribution in [1.82, 2.24) is 8.46 Å². The van der Waals surface area contributed by atoms with E-state index < -0.39 is 40.1 Å². The molecule has 8 nitrogen and oxygen atoms in total. The zero-order valence-corrected chi connectivity index (χ0v) is 33.6. The minimum atomic E-state index is -1.67. The molecule has 0 aromatic heterocycles. The van der Waals surface area contributed by atoms with Crippen LogP contribution in [0.4, 0.5) is 0 Å². The molecule has 2 atom stereocenters. The molecule has 0 spiro atoms. The SMILES string of the molecule is CC1CCCO1.CO[Si]1(C)CCCN1[Si](C)(C)C.C[O-].C[O][Al]([O]C)[O]C.C[Si](C)(C)N1CCC[SiH2]1.[AlH3].[H-].[Li+].[Li+]. The van der Waals surface area contributed by atoms with Gasteiger partial charge < -0.3 is 35.5 Å². The minimum absolute atomic E-state index is 0. The maximum Gasteiger partial charge on any atom is 1.00 e. The van der Waals surface area contributed by atoms with E-state index in [4.69, 9.17) is 25.6 Å². The second kappa shape index (κ2) is 28.3. The van der Waals surface area contributed by atoms with Crippen molar-refractivity contribution >= 4 is 67.1 Å². The fourth-order valence-corrected chi connectivity index (χ4v) is 19.7. The first-order chi connectivity index (χ1) is 16.7. The van der Waals surface area contributed by atoms with Crippen LogP contribution in [0.3, 0.4) is 0 Å². The Hall–Kier alpha value is 2.81. The van der Waals surface area contributed by atoms with Gasteiger partial charge in [0, 0.05) is 35.0 Å². The van der Waals surface area contributed by atoms with Crippen LogP contribution in [0.5, 0.6) is 0 Å². The van der Waals surface area contributed by atoms with E-state index in [2.05, 4.69) is 61.2 Å². The molecule has 0 amide bonds. The Kier molecular flexibility index (Phi) is 37.3. The van der Waals surface area contributed by atoms with Crippen molar-refractivity contribution in [2.45, 2.75) is 96.6 Å². The number of ether oxygens (including phenoxy) is 1. The maximum absolute atomic E-state index is 8.25. The van der Waals surface area contributed by atoms with Gasteiger partial charge in [-0.25, -0.2) is 0 Å². The van der Waals surface area contributed by atoms with E-state index in [1.165, 1.54) is 44.8 Å². The normalized spacial score (nSPS) is 23.1. The number of hydrogen-bond acceptors (Lipinski definition) is 8. The van der Waals surface area contributed by atoms with E-state index in [1.807, 2.05) is 7.11 Å². The molecule has 0 N–H and O–H groups in total. The zero-order chi connectivity index (χ0) is 28.4. The summed E-state index contributed by atoms with van der Waals surface area (Å²) in [7, 11) is 4.24. The van der Waals surface area contributed by atoms with Crippen LogP contribution in [0.1, 0.15) is 34.0 Å². The van der Waals surface area contributed by atoms with Crippen LogP contribution in [0.25, 0.3) is 0 Å². The van der Waals surface area contributed by atoms with Gasteiger partial charge in [0.1, 0.15) is 16.5 Å². The van der Waals surface area contributed by atoms with Crippen molar-refractivity contribution in [3.05, 3.63) is 0 Å². The monoisotopic (exact) mass is 644 g/mol. The zero-order valence-electron chi connectivity index (χ0n) is 29.1. The van der Waals surface area contributed by atoms with Crippen molar-refractivity contribution in [2.75, 3.05) is 55.2 Å². The molecule has 0 aromatic carbocycles. The third-order valence-electron chi connectivity index (χ3n) is 6.63. The van der Waals surface area contributed by atoms with E-state index >= 15 is 0 Å². The van der Waals surface area contributed by atoms with E-state index in [0.717, 1.165) is 13.7 Å². The Bertz CT molecular complexity index is 533. The molecule has 0 radical (unpaired) electrons. The van der Waals surface area contributed by atoms with Gasteiger partial charge in [-0.1, -0.05) is 39.3 Å². The molecule has 2 unspecified atom stereocenters. The molecule has 39 heavy (non-hydrogen) atoms. The van der Waals surface area contributed by atoms with E-state index in [1.54, 1.807) is 27.4 Å². The predicted molar refractivity (Wildman–Crippen MR) is 175 cm³/mol. The molecule has 16 heteroatoms. The summed E-state index contributed by atoms with van der Waals surface area (Å²) in [5.74, 6) is 0. The maximum atomic E-state index is 8.25. The first-order valence-electron chi connectivity index (χ1n) is 13.4. The fraction of sp³-hybridized carbons (Fsp3) is 1.00. The first kappa shape index (κ1) is 51.4. The van der Waals surface area contributed by atoms with Crippen LogP contribution >= 0.6 is 0 Å². The van der Waals surface area contributed by atoms with Crippen LogP contribution < -0.4 is 42.8 Å². The summed E-state index contributed by atoms with van der Waals surface area (Å²) in [4.78, 5) is 0. The minimum Gasteiger partial charge on any atom is -1.00 e. The van der Waals surface area contributed by atoms with E-state index in [0.29, 0.717) is 6.10 Å². The molecule has 0 bridgehead atoms. The molecule has 3 saturated heterocycles. The molecule has 0 saturated carbocycles. The molecule has 3 aliphatic heterocycles. The Morgan fingerprint density at radius 2 is 1.41 bits per heavy atom. The fourth-order valence-electron chi connectivity index (χ4n) is 4.61. The molecule has 0 aromatic rings. The second-order valence-electron chi connectivity index (χ2n) is 11.5. The molecule has 3 rings (SSSR count). The molecule has 226 valence electrons. The third kappa shape index (κ3) is 23.8. The summed E-state index contributed by atoms with van der Waals surface area (Å²) >= 11 is -1.67. The Labute approximate surface area is 290 Å². The molecule has 0 aliphatic carbocycles. The van der Waals surface area contributed by atoms with Gasteiger partial charge in [-0.2, -0.15) is 7.11 Å². The van der Waals surface area contributed by atoms with Gasteiger partial charge >= 0.3 is 52.9 Å². The average Bonchev–Trinajstić information content (AvgIpc) is 3.59. The molecule has 3 aliphatic rings. The average molecular weight is 645 g/mol. The largest absolute Gasteiger partial charge is 1.00 e. The van der Waals surface area contributed by atoms with Gasteiger partial charge in [0.2, 0.25) is 0 Å². The Morgan fingerprint density at radius 1 is 0.897 bits per heavy atom. The number of nitrogens with zero attached hydrogens (tertiary/aromatic N) is 2. The predicted octanol–water partition coefficient (Wildman–Crippen LogP) is -3.72. The van der Waals surface area contributed by atoms with Crippen molar-refractivity contribution in [3.63, 3.8) is 0 Å². The second-order valence-corrected chi connectivity index (χ2v) is 30.1. The van der Waals surface area contributed by atoms with E-state index in [-0.39, 0.29) is 66.2 Å². The molecule has 3 heterocycles. The van der Waals surface area contributed by atoms with Crippen LogP contribution in [0, 0.1) is 0 Å². The first-order valence-corrected chi connectivity index (χ1v) is 25.9. The molecular weight excluding hydrogens is 580 g/mol. The van der Waals surface area contributed by atoms with Gasteiger partial charge in [0.25, 0.3) is 8.48 Å². The van der Waals surface area contributed by atoms with Crippen molar-refractivity contribution < 1.29 is 64.8 Å². The van der Waals surface area contributed by atoms with Crippen molar-refractivity contribution in [1.29, 1.82) is 0 Å². The van der Waals surface area contributed by atoms with Crippen LogP contribution in [0.15, 0.2) is 0 Å². The third-order valence-corrected chi connectivity index (χ3v) is 23.9. The van der Waals surface area contributed by atoms with Crippen LogP contribution in [0.2, 0.25) is 57.9 Å². The summed E-state index contributed by atoms with van der Waals surface area (Å²) in [5.41, 5.74) is 0. The number of rotatable bonds is 6. The molecular formula is C23H64Al2Li2N2O6Si4. The number of hydrogen-bond donors (Lipinski definition) is 0. The van der Waals surface area contributed by atoms with Gasteiger partial charge in [-0.3, -0.25) is 0 Å². The summed E-state index contributed by atoms with van der Waals surface area (Å²) in [5, 5.41) is 8.25. The Balaban J connectivity index is -0.0000000938. The summed E-state index contributed by atoms with van der Waals surface area (Å²) in [6.07, 6.45) is 5.92. The van der Waals surface area contributed by atoms with Crippen molar-refractivity contribution in [2.24, 2.45) is 0 Å². The quantitative estimate of drug-likeness (QED) is 0.274.